The van der Waals surface area contributed by atoms with E-state index in [9.17, 15) is 45.6 Å². The molecule has 0 aliphatic rings. The molecule has 1 aromatic carbocycles. The number of aliphatic hydroxyl groups is 10. The van der Waals surface area contributed by atoms with Gasteiger partial charge in [-0.1, -0.05) is 0 Å². The minimum atomic E-state index is -1.88. The predicted molar refractivity (Wildman–Crippen MR) is 158 cm³/mol. The number of aromatic nitrogens is 2. The molecular weight excluding hydrogens is 580 g/mol. The number of hydrogen-bond donors (Lipinski definition) is 10. The van der Waals surface area contributed by atoms with Crippen molar-refractivity contribution in [3.05, 3.63) is 29.6 Å². The van der Waals surface area contributed by atoms with Crippen molar-refractivity contribution in [2.24, 2.45) is 0 Å². The molecule has 0 saturated heterocycles. The average Bonchev–Trinajstić information content (AvgIpc) is 3.30. The second kappa shape index (κ2) is 17.4. The molecule has 44 heavy (non-hydrogen) atoms. The van der Waals surface area contributed by atoms with E-state index in [1.54, 1.807) is 13.1 Å². The second-order valence-corrected chi connectivity index (χ2v) is 11.2. The van der Waals surface area contributed by atoms with Crippen LogP contribution in [0.1, 0.15) is 36.5 Å². The lowest BCUT2D eigenvalue weighted by Gasteiger charge is -2.33. The zero-order chi connectivity index (χ0) is 33.3. The van der Waals surface area contributed by atoms with Gasteiger partial charge in [0.1, 0.15) is 36.6 Å². The van der Waals surface area contributed by atoms with E-state index >= 15 is 0 Å². The molecule has 1 amide bonds. The number of hydrogen-bond acceptors (Lipinski definition) is 12. The monoisotopic (exact) mass is 631 g/mol. The average molecular weight is 632 g/mol. The summed E-state index contributed by atoms with van der Waals surface area (Å²) in [5.41, 5.74) is 2.47. The summed E-state index contributed by atoms with van der Waals surface area (Å²) >= 11 is 0. The normalized spacial score (nSPS) is 17.7. The van der Waals surface area contributed by atoms with Crippen LogP contribution in [-0.2, 0) is 13.1 Å². The number of aliphatic hydroxyl groups excluding tert-OH is 10. The molecule has 15 nitrogen and oxygen atoms in total. The highest BCUT2D eigenvalue weighted by molar-refractivity contribution is 5.97. The number of carbonyl (C=O) groups is 1. The molecule has 0 spiro atoms. The first-order valence-corrected chi connectivity index (χ1v) is 14.9. The van der Waals surface area contributed by atoms with Gasteiger partial charge >= 0.3 is 0 Å². The maximum atomic E-state index is 13.3. The van der Waals surface area contributed by atoms with Crippen LogP contribution in [0.15, 0.2) is 18.2 Å². The Morgan fingerprint density at radius 2 is 1.32 bits per heavy atom. The van der Waals surface area contributed by atoms with E-state index in [-0.39, 0.29) is 32.1 Å². The number of nitrogens with zero attached hydrogens (tertiary/aromatic N) is 4. The van der Waals surface area contributed by atoms with Crippen molar-refractivity contribution < 1.29 is 60.4 Å². The summed E-state index contributed by atoms with van der Waals surface area (Å²) in [6.07, 6.45) is -14.0. The van der Waals surface area contributed by atoms with Gasteiger partial charge in [0, 0.05) is 51.8 Å². The van der Waals surface area contributed by atoms with E-state index in [0.29, 0.717) is 12.0 Å². The summed E-state index contributed by atoms with van der Waals surface area (Å²) in [4.78, 5) is 16.2. The van der Waals surface area contributed by atoms with Crippen LogP contribution in [0.4, 0.5) is 0 Å². The fraction of sp³-hybridized carbons (Fsp3) is 0.724. The lowest BCUT2D eigenvalue weighted by Crippen LogP contribution is -2.53. The quantitative estimate of drug-likeness (QED) is 0.0667. The predicted octanol–water partition coefficient (Wildman–Crippen LogP) is -4.09. The largest absolute Gasteiger partial charge is 0.394 e. The molecule has 8 atom stereocenters. The number of benzene rings is 1. The van der Waals surface area contributed by atoms with Crippen molar-refractivity contribution in [2.45, 2.75) is 89.1 Å². The van der Waals surface area contributed by atoms with Crippen LogP contribution in [-0.4, -0.2) is 167 Å². The summed E-state index contributed by atoms with van der Waals surface area (Å²) in [5.74, 6) is 0.857. The van der Waals surface area contributed by atoms with Gasteiger partial charge in [0.05, 0.1) is 38.5 Å². The van der Waals surface area contributed by atoms with Crippen molar-refractivity contribution in [3.63, 3.8) is 0 Å². The zero-order valence-corrected chi connectivity index (χ0v) is 25.9. The highest BCUT2D eigenvalue weighted by Gasteiger charge is 2.34. The Morgan fingerprint density at radius 3 is 1.77 bits per heavy atom. The number of fused-ring (bicyclic) bond motifs is 1. The number of amides is 1. The summed E-state index contributed by atoms with van der Waals surface area (Å²) in [6.45, 7) is 5.53. The van der Waals surface area contributed by atoms with Gasteiger partial charge in [0.15, 0.2) is 11.0 Å². The van der Waals surface area contributed by atoms with E-state index in [2.05, 4.69) is 16.1 Å². The Labute approximate surface area is 257 Å². The molecule has 2 rings (SSSR count). The molecule has 0 bridgehead atoms. The Morgan fingerprint density at radius 1 is 0.818 bits per heavy atom. The topological polar surface area (TPSA) is 235 Å². The molecule has 1 heterocycles. The van der Waals surface area contributed by atoms with Gasteiger partial charge in [0.25, 0.3) is 11.7 Å². The molecule has 2 aromatic rings. The third kappa shape index (κ3) is 9.14. The van der Waals surface area contributed by atoms with Gasteiger partial charge in [-0.05, 0) is 32.4 Å². The highest BCUT2D eigenvalue weighted by atomic mass is 16.4. The Hall–Kier alpha value is -2.28. The van der Waals surface area contributed by atoms with Crippen LogP contribution >= 0.6 is 0 Å². The molecular formula is C29H51N4O11+. The van der Waals surface area contributed by atoms with Crippen LogP contribution in [0.25, 0.3) is 11.0 Å². The summed E-state index contributed by atoms with van der Waals surface area (Å²) in [7, 11) is 1.63. The Balaban J connectivity index is 2.15. The van der Waals surface area contributed by atoms with Crippen molar-refractivity contribution in [2.75, 3.05) is 46.4 Å². The van der Waals surface area contributed by atoms with E-state index in [4.69, 9.17) is 10.2 Å². The Kier molecular flexibility index (Phi) is 15.0. The molecule has 0 aliphatic carbocycles. The highest BCUT2D eigenvalue weighted by Crippen LogP contribution is 2.18. The molecule has 0 aliphatic heterocycles. The molecule has 252 valence electrons. The first-order chi connectivity index (χ1) is 20.7. The summed E-state index contributed by atoms with van der Waals surface area (Å²) in [5, 5.41) is 98.9. The standard InChI is InChI=1S/C29H51N4O11/c1-5-32-17(3)33(6-2)20-12-18(8-9-19(20)32)29(44)30(4)10-7-11-31(13-21(36)25(40)27(42)23(38)15-34)14-22(37)26(41)28(43)24(39)16-35/h8-9,12,21-28,34-43H,5-7,10-11,13-16H2,1-4H3/q+1/t21-,22-,23+,24+,25+,26+,27+,28+/m0/s1. The van der Waals surface area contributed by atoms with Crippen molar-refractivity contribution in [1.29, 1.82) is 0 Å². The molecule has 10 N–H and O–H groups in total. The number of aryl methyl sites for hydroxylation is 2. The first kappa shape index (κ1) is 37.9. The second-order valence-electron chi connectivity index (χ2n) is 11.2. The van der Waals surface area contributed by atoms with Gasteiger partial charge in [-0.25, -0.2) is 9.13 Å². The minimum absolute atomic E-state index is 0.107. The van der Waals surface area contributed by atoms with Crippen LogP contribution < -0.4 is 4.57 Å². The van der Waals surface area contributed by atoms with E-state index in [0.717, 1.165) is 29.9 Å². The maximum Gasteiger partial charge on any atom is 0.254 e. The maximum absolute atomic E-state index is 13.3. The molecule has 0 unspecified atom stereocenters. The SMILES string of the molecule is CCn1c(C)[n+](CC)c2ccc(C(=O)N(C)CCCN(C[C@H](O)[C@@H](O)[C@H](O)[C@H](O)CO)C[C@H](O)[C@@H](O)[C@H](O)[C@H](O)CO)cc21. The van der Waals surface area contributed by atoms with E-state index in [1.807, 2.05) is 26.0 Å². The van der Waals surface area contributed by atoms with Crippen LogP contribution in [0.5, 0.6) is 0 Å². The third-order valence-corrected chi connectivity index (χ3v) is 8.07. The fourth-order valence-electron chi connectivity index (χ4n) is 5.38. The van der Waals surface area contributed by atoms with Gasteiger partial charge in [-0.15, -0.1) is 0 Å². The van der Waals surface area contributed by atoms with E-state index in [1.165, 1.54) is 9.80 Å². The van der Waals surface area contributed by atoms with Gasteiger partial charge in [-0.2, -0.15) is 0 Å². The molecule has 15 heteroatoms. The summed E-state index contributed by atoms with van der Waals surface area (Å²) in [6, 6.07) is 5.55. The van der Waals surface area contributed by atoms with Gasteiger partial charge in [-0.3, -0.25) is 9.69 Å². The minimum Gasteiger partial charge on any atom is -0.394 e. The first-order valence-electron chi connectivity index (χ1n) is 14.9. The third-order valence-electron chi connectivity index (χ3n) is 8.07. The van der Waals surface area contributed by atoms with Crippen LogP contribution in [0.3, 0.4) is 0 Å². The van der Waals surface area contributed by atoms with Crippen molar-refractivity contribution >= 4 is 16.9 Å². The molecule has 0 radical (unpaired) electrons. The number of imidazole rings is 1. The lowest BCUT2D eigenvalue weighted by molar-refractivity contribution is -0.674. The van der Waals surface area contributed by atoms with Crippen molar-refractivity contribution in [1.82, 2.24) is 14.4 Å². The smallest absolute Gasteiger partial charge is 0.254 e. The number of carbonyl (C=O) groups excluding carboxylic acids is 1. The van der Waals surface area contributed by atoms with E-state index < -0.39 is 62.0 Å². The summed E-state index contributed by atoms with van der Waals surface area (Å²) < 4.78 is 4.31. The Bertz CT molecular complexity index is 1150. The zero-order valence-electron chi connectivity index (χ0n) is 25.9. The lowest BCUT2D eigenvalue weighted by atomic mass is 10.0. The fourth-order valence-corrected chi connectivity index (χ4v) is 5.38. The van der Waals surface area contributed by atoms with Crippen molar-refractivity contribution in [3.8, 4) is 0 Å². The van der Waals surface area contributed by atoms with Gasteiger partial charge in [0.2, 0.25) is 0 Å². The van der Waals surface area contributed by atoms with Crippen LogP contribution in [0.2, 0.25) is 0 Å². The van der Waals surface area contributed by atoms with Gasteiger partial charge < -0.3 is 56.0 Å². The molecule has 1 aromatic heterocycles. The molecule has 0 saturated carbocycles. The molecule has 0 fully saturated rings. The number of rotatable bonds is 19. The van der Waals surface area contributed by atoms with Crippen LogP contribution in [0, 0.1) is 6.92 Å².